The molecule has 1 aliphatic carbocycles. The van der Waals surface area contributed by atoms with E-state index in [1.54, 1.807) is 19.1 Å². The Bertz CT molecular complexity index is 698. The predicted molar refractivity (Wildman–Crippen MR) is 87.3 cm³/mol. The highest BCUT2D eigenvalue weighted by atomic mass is 35.5. The number of hydrogen-bond acceptors (Lipinski definition) is 3. The second-order valence-electron chi connectivity index (χ2n) is 6.01. The first kappa shape index (κ1) is 15.9. The summed E-state index contributed by atoms with van der Waals surface area (Å²) in [6, 6.07) is 8.76. The summed E-state index contributed by atoms with van der Waals surface area (Å²) in [5.41, 5.74) is 1.02. The van der Waals surface area contributed by atoms with Crippen LogP contribution in [-0.2, 0) is 12.0 Å². The van der Waals surface area contributed by atoms with E-state index in [4.69, 9.17) is 16.0 Å². The van der Waals surface area contributed by atoms with Crippen molar-refractivity contribution in [2.75, 3.05) is 6.54 Å². The lowest BCUT2D eigenvalue weighted by molar-refractivity contribution is 0.0366. The van der Waals surface area contributed by atoms with Crippen LogP contribution in [0.4, 0.5) is 4.79 Å². The van der Waals surface area contributed by atoms with E-state index in [1.165, 1.54) is 11.8 Å². The number of rotatable bonds is 4. The van der Waals surface area contributed by atoms with Gasteiger partial charge in [0, 0.05) is 5.02 Å². The molecule has 0 radical (unpaired) electrons. The van der Waals surface area contributed by atoms with Gasteiger partial charge in [-0.3, -0.25) is 0 Å². The predicted octanol–water partition coefficient (Wildman–Crippen LogP) is 3.13. The van der Waals surface area contributed by atoms with Gasteiger partial charge < -0.3 is 20.2 Å². The number of urea groups is 1. The summed E-state index contributed by atoms with van der Waals surface area (Å²) >= 11 is 5.99. The lowest BCUT2D eigenvalue weighted by Gasteiger charge is -2.22. The van der Waals surface area contributed by atoms with Crippen LogP contribution >= 0.6 is 11.6 Å². The number of aryl methyl sites for hydroxylation is 1. The number of halogens is 1. The number of fused-ring (bicyclic) bond motifs is 1. The maximum Gasteiger partial charge on any atom is 0.315 e. The summed E-state index contributed by atoms with van der Waals surface area (Å²) in [6.07, 6.45) is 3.23. The van der Waals surface area contributed by atoms with Crippen LogP contribution in [-0.4, -0.2) is 17.7 Å². The summed E-state index contributed by atoms with van der Waals surface area (Å²) in [4.78, 5) is 12.1. The van der Waals surface area contributed by atoms with Crippen molar-refractivity contribution in [2.24, 2.45) is 0 Å². The molecule has 0 bridgehead atoms. The summed E-state index contributed by atoms with van der Waals surface area (Å²) in [6.45, 7) is 1.66. The fourth-order valence-corrected chi connectivity index (χ4v) is 3.06. The molecule has 0 saturated heterocycles. The van der Waals surface area contributed by atoms with Gasteiger partial charge in [0.05, 0.1) is 18.8 Å². The summed E-state index contributed by atoms with van der Waals surface area (Å²) in [7, 11) is 0. The molecule has 2 amide bonds. The van der Waals surface area contributed by atoms with Gasteiger partial charge >= 0.3 is 6.03 Å². The molecule has 0 fully saturated rings. The zero-order valence-corrected chi connectivity index (χ0v) is 13.6. The first-order valence-corrected chi connectivity index (χ1v) is 7.92. The van der Waals surface area contributed by atoms with E-state index >= 15 is 0 Å². The fourth-order valence-electron chi connectivity index (χ4n) is 2.87. The second-order valence-corrected chi connectivity index (χ2v) is 6.45. The number of furan rings is 1. The minimum absolute atomic E-state index is 0.0316. The quantitative estimate of drug-likeness (QED) is 0.804. The van der Waals surface area contributed by atoms with Crippen molar-refractivity contribution in [1.29, 1.82) is 0 Å². The van der Waals surface area contributed by atoms with E-state index < -0.39 is 5.60 Å². The molecule has 23 heavy (non-hydrogen) atoms. The van der Waals surface area contributed by atoms with E-state index in [0.717, 1.165) is 18.4 Å². The van der Waals surface area contributed by atoms with Gasteiger partial charge in [0.2, 0.25) is 0 Å². The van der Waals surface area contributed by atoms with Crippen LogP contribution in [0.15, 0.2) is 41.0 Å². The molecule has 1 aromatic heterocycles. The summed E-state index contributed by atoms with van der Waals surface area (Å²) in [5.74, 6) is 0.415. The van der Waals surface area contributed by atoms with E-state index in [2.05, 4.69) is 10.6 Å². The number of amides is 2. The zero-order chi connectivity index (χ0) is 16.4. The number of benzene rings is 1. The zero-order valence-electron chi connectivity index (χ0n) is 12.8. The van der Waals surface area contributed by atoms with Crippen LogP contribution in [0.3, 0.4) is 0 Å². The highest BCUT2D eigenvalue weighted by molar-refractivity contribution is 6.30. The van der Waals surface area contributed by atoms with Crippen molar-refractivity contribution in [2.45, 2.75) is 31.4 Å². The maximum atomic E-state index is 12.1. The molecule has 1 aromatic carbocycles. The molecule has 6 heteroatoms. The van der Waals surface area contributed by atoms with E-state index in [9.17, 15) is 9.90 Å². The first-order chi connectivity index (χ1) is 11.0. The Labute approximate surface area is 139 Å². The molecule has 0 saturated carbocycles. The molecule has 2 atom stereocenters. The fraction of sp³-hybridized carbons (Fsp3) is 0.353. The van der Waals surface area contributed by atoms with Gasteiger partial charge in [0.25, 0.3) is 0 Å². The highest BCUT2D eigenvalue weighted by Crippen LogP contribution is 2.32. The maximum absolute atomic E-state index is 12.1. The third-order valence-corrected chi connectivity index (χ3v) is 4.37. The van der Waals surface area contributed by atoms with Crippen molar-refractivity contribution in [3.8, 4) is 0 Å². The van der Waals surface area contributed by atoms with E-state index in [1.807, 2.05) is 18.2 Å². The third kappa shape index (κ3) is 3.51. The van der Waals surface area contributed by atoms with E-state index in [0.29, 0.717) is 10.8 Å². The minimum atomic E-state index is -1.25. The average molecular weight is 335 g/mol. The van der Waals surface area contributed by atoms with Gasteiger partial charge in [-0.15, -0.1) is 0 Å². The normalized spacial score (nSPS) is 19.0. The number of aliphatic hydroxyl groups is 1. The van der Waals surface area contributed by atoms with Gasteiger partial charge in [-0.05, 0) is 55.2 Å². The average Bonchev–Trinajstić information content (AvgIpc) is 3.16. The molecule has 2 aromatic rings. The Morgan fingerprint density at radius 2 is 2.30 bits per heavy atom. The monoisotopic (exact) mass is 334 g/mol. The van der Waals surface area contributed by atoms with Crippen molar-refractivity contribution in [3.63, 3.8) is 0 Å². The van der Waals surface area contributed by atoms with Crippen molar-refractivity contribution in [1.82, 2.24) is 10.6 Å². The number of hydrogen-bond donors (Lipinski definition) is 3. The molecule has 5 nitrogen and oxygen atoms in total. The van der Waals surface area contributed by atoms with Gasteiger partial charge in [-0.1, -0.05) is 17.7 Å². The highest BCUT2D eigenvalue weighted by Gasteiger charge is 2.28. The second kappa shape index (κ2) is 6.26. The summed E-state index contributed by atoms with van der Waals surface area (Å²) in [5, 5.41) is 16.7. The number of carbonyl (C=O) groups excluding carboxylic acids is 1. The SMILES string of the molecule is C[C@@](O)(CNC(=O)N[C@H]1CCc2cc(Cl)ccc21)c1ccco1. The third-order valence-electron chi connectivity index (χ3n) is 4.13. The Morgan fingerprint density at radius 3 is 3.04 bits per heavy atom. The standard InChI is InChI=1S/C17H19ClN2O3/c1-17(22,15-3-2-8-23-15)10-19-16(21)20-14-7-4-11-9-12(18)5-6-13(11)14/h2-3,5-6,8-9,14,22H,4,7,10H2,1H3,(H2,19,20,21)/t14-,17+/m0/s1. The van der Waals surface area contributed by atoms with Crippen LogP contribution in [0.5, 0.6) is 0 Å². The number of carbonyl (C=O) groups is 1. The van der Waals surface area contributed by atoms with Crippen molar-refractivity contribution < 1.29 is 14.3 Å². The molecule has 0 spiro atoms. The lowest BCUT2D eigenvalue weighted by Crippen LogP contribution is -2.44. The van der Waals surface area contributed by atoms with Crippen LogP contribution in [0.1, 0.15) is 36.3 Å². The number of nitrogens with one attached hydrogen (secondary N) is 2. The van der Waals surface area contributed by atoms with Gasteiger partial charge in [-0.25, -0.2) is 4.79 Å². The minimum Gasteiger partial charge on any atom is -0.466 e. The van der Waals surface area contributed by atoms with Gasteiger partial charge in [0.1, 0.15) is 11.4 Å². The lowest BCUT2D eigenvalue weighted by atomic mass is 10.0. The molecule has 1 heterocycles. The van der Waals surface area contributed by atoms with Crippen molar-refractivity contribution in [3.05, 3.63) is 58.5 Å². The van der Waals surface area contributed by atoms with Crippen LogP contribution in [0, 0.1) is 0 Å². The molecule has 0 unspecified atom stereocenters. The van der Waals surface area contributed by atoms with Crippen LogP contribution in [0.2, 0.25) is 5.02 Å². The van der Waals surface area contributed by atoms with Gasteiger partial charge in [0.15, 0.2) is 0 Å². The topological polar surface area (TPSA) is 74.5 Å². The Morgan fingerprint density at radius 1 is 1.48 bits per heavy atom. The van der Waals surface area contributed by atoms with E-state index in [-0.39, 0.29) is 18.6 Å². The van der Waals surface area contributed by atoms with Crippen molar-refractivity contribution >= 4 is 17.6 Å². The molecule has 3 rings (SSSR count). The molecule has 1 aliphatic rings. The van der Waals surface area contributed by atoms with Crippen LogP contribution in [0.25, 0.3) is 0 Å². The molecule has 0 aliphatic heterocycles. The Balaban J connectivity index is 1.57. The molecular weight excluding hydrogens is 316 g/mol. The largest absolute Gasteiger partial charge is 0.466 e. The molecule has 122 valence electrons. The Kier molecular flexibility index (Phi) is 4.33. The summed E-state index contributed by atoms with van der Waals surface area (Å²) < 4.78 is 5.19. The smallest absolute Gasteiger partial charge is 0.315 e. The van der Waals surface area contributed by atoms with Gasteiger partial charge in [-0.2, -0.15) is 0 Å². The van der Waals surface area contributed by atoms with Crippen LogP contribution < -0.4 is 10.6 Å². The Hall–Kier alpha value is -1.98. The molecular formula is C17H19ClN2O3. The molecule has 3 N–H and O–H groups in total. The first-order valence-electron chi connectivity index (χ1n) is 7.55.